The Morgan fingerprint density at radius 3 is 2.31 bits per heavy atom. The number of amides is 1. The fourth-order valence-corrected chi connectivity index (χ4v) is 5.08. The summed E-state index contributed by atoms with van der Waals surface area (Å²) in [5.41, 5.74) is 7.67. The van der Waals surface area contributed by atoms with Crippen molar-refractivity contribution in [3.63, 3.8) is 0 Å². The summed E-state index contributed by atoms with van der Waals surface area (Å²) in [4.78, 5) is 31.7. The van der Waals surface area contributed by atoms with E-state index in [0.717, 1.165) is 38.9 Å². The minimum Gasteiger partial charge on any atom is -0.479 e. The molecular weight excluding hydrogens is 452 g/mol. The summed E-state index contributed by atoms with van der Waals surface area (Å²) in [5, 5.41) is 10.3. The lowest BCUT2D eigenvalue weighted by atomic mass is 9.80. The maximum atomic E-state index is 13.2. The average Bonchev–Trinajstić information content (AvgIpc) is 2.84. The van der Waals surface area contributed by atoms with Gasteiger partial charge in [0.05, 0.1) is 11.2 Å². The maximum absolute atomic E-state index is 13.2. The molecule has 0 saturated carbocycles. The molecule has 0 radical (unpaired) electrons. The number of aryl methyl sites for hydroxylation is 1. The van der Waals surface area contributed by atoms with Crippen LogP contribution in [0.3, 0.4) is 0 Å². The molecule has 2 heterocycles. The summed E-state index contributed by atoms with van der Waals surface area (Å²) in [6.07, 6.45) is 2.79. The third kappa shape index (κ3) is 5.05. The largest absolute Gasteiger partial charge is 0.479 e. The van der Waals surface area contributed by atoms with Gasteiger partial charge >= 0.3 is 5.97 Å². The number of hydrogen-bond acceptors (Lipinski definition) is 4. The number of aliphatic carboxylic acids is 1. The molecule has 1 aliphatic rings. The van der Waals surface area contributed by atoms with Crippen molar-refractivity contribution in [2.24, 2.45) is 0 Å². The van der Waals surface area contributed by atoms with E-state index in [0.29, 0.717) is 30.6 Å². The van der Waals surface area contributed by atoms with Crippen molar-refractivity contribution < 1.29 is 19.4 Å². The summed E-state index contributed by atoms with van der Waals surface area (Å²) >= 11 is 0. The normalized spacial score (nSPS) is 14.3. The van der Waals surface area contributed by atoms with E-state index in [2.05, 4.69) is 4.98 Å². The highest BCUT2D eigenvalue weighted by Gasteiger charge is 2.35. The predicted octanol–water partition coefficient (Wildman–Crippen LogP) is 5.81. The monoisotopic (exact) mass is 486 g/mol. The molecule has 188 valence electrons. The molecular formula is C30H34N2O4. The minimum absolute atomic E-state index is 0.0498. The lowest BCUT2D eigenvalue weighted by Gasteiger charge is -2.35. The van der Waals surface area contributed by atoms with Gasteiger partial charge in [-0.3, -0.25) is 9.78 Å². The number of rotatable bonds is 5. The lowest BCUT2D eigenvalue weighted by Crippen LogP contribution is -2.37. The highest BCUT2D eigenvalue weighted by molar-refractivity contribution is 5.94. The second-order valence-corrected chi connectivity index (χ2v) is 10.5. The van der Waals surface area contributed by atoms with E-state index in [1.807, 2.05) is 70.7 Å². The number of carboxylic acid groups (broad SMARTS) is 1. The van der Waals surface area contributed by atoms with Gasteiger partial charge in [0.1, 0.15) is 0 Å². The van der Waals surface area contributed by atoms with Crippen molar-refractivity contribution in [2.45, 2.75) is 66.2 Å². The van der Waals surface area contributed by atoms with Crippen molar-refractivity contribution in [3.05, 3.63) is 87.7 Å². The zero-order valence-electron chi connectivity index (χ0n) is 21.9. The Kier molecular flexibility index (Phi) is 7.01. The Morgan fingerprint density at radius 2 is 1.72 bits per heavy atom. The molecule has 36 heavy (non-hydrogen) atoms. The standard InChI is InChI=1S/C30H34N2O4/c1-18-9-11-21(12-10-18)25-20(3)24-17-32(28(33)22-8-7-14-31-16-22)15-13-23(24)19(2)26(25)27(29(34)35)36-30(4,5)6/h7-12,14,16,27H,13,15,17H2,1-6H3,(H,34,35)/t27-/m0/s1. The molecule has 1 aromatic heterocycles. The number of benzene rings is 2. The van der Waals surface area contributed by atoms with Crippen LogP contribution in [0.2, 0.25) is 0 Å². The molecule has 0 aliphatic carbocycles. The van der Waals surface area contributed by atoms with Crippen LogP contribution in [-0.4, -0.2) is 39.0 Å². The average molecular weight is 487 g/mol. The number of fused-ring (bicyclic) bond motifs is 1. The smallest absolute Gasteiger partial charge is 0.337 e. The summed E-state index contributed by atoms with van der Waals surface area (Å²) in [7, 11) is 0. The number of nitrogens with zero attached hydrogens (tertiary/aromatic N) is 2. The van der Waals surface area contributed by atoms with Crippen LogP contribution in [0.4, 0.5) is 0 Å². The Balaban J connectivity index is 1.90. The van der Waals surface area contributed by atoms with Gasteiger partial charge in [0, 0.05) is 31.0 Å². The van der Waals surface area contributed by atoms with Gasteiger partial charge in [0.25, 0.3) is 5.91 Å². The van der Waals surface area contributed by atoms with Crippen LogP contribution < -0.4 is 0 Å². The quantitative estimate of drug-likeness (QED) is 0.492. The molecule has 0 fully saturated rings. The Labute approximate surface area is 212 Å². The van der Waals surface area contributed by atoms with E-state index >= 15 is 0 Å². The van der Waals surface area contributed by atoms with E-state index in [1.54, 1.807) is 24.5 Å². The predicted molar refractivity (Wildman–Crippen MR) is 140 cm³/mol. The van der Waals surface area contributed by atoms with E-state index in [9.17, 15) is 14.7 Å². The van der Waals surface area contributed by atoms with Crippen molar-refractivity contribution >= 4 is 11.9 Å². The van der Waals surface area contributed by atoms with Gasteiger partial charge in [-0.1, -0.05) is 29.8 Å². The molecule has 6 nitrogen and oxygen atoms in total. The first kappa shape index (κ1) is 25.6. The summed E-state index contributed by atoms with van der Waals surface area (Å²) < 4.78 is 6.14. The molecule has 3 aromatic rings. The molecule has 0 bridgehead atoms. The fourth-order valence-electron chi connectivity index (χ4n) is 5.08. The number of carbonyl (C=O) groups excluding carboxylic acids is 1. The highest BCUT2D eigenvalue weighted by Crippen LogP contribution is 2.42. The van der Waals surface area contributed by atoms with Gasteiger partial charge in [-0.2, -0.15) is 0 Å². The fraction of sp³-hybridized carbons (Fsp3) is 0.367. The first-order chi connectivity index (χ1) is 17.0. The van der Waals surface area contributed by atoms with E-state index in [-0.39, 0.29) is 5.91 Å². The van der Waals surface area contributed by atoms with Crippen molar-refractivity contribution in [1.82, 2.24) is 9.88 Å². The molecule has 1 atom stereocenters. The highest BCUT2D eigenvalue weighted by atomic mass is 16.5. The molecule has 0 saturated heterocycles. The van der Waals surface area contributed by atoms with Crippen molar-refractivity contribution in [1.29, 1.82) is 0 Å². The van der Waals surface area contributed by atoms with Crippen molar-refractivity contribution in [2.75, 3.05) is 6.54 Å². The number of hydrogen-bond donors (Lipinski definition) is 1. The van der Waals surface area contributed by atoms with E-state index in [1.165, 1.54) is 0 Å². The molecule has 2 aromatic carbocycles. The zero-order valence-corrected chi connectivity index (χ0v) is 21.9. The van der Waals surface area contributed by atoms with Gasteiger partial charge in [0.15, 0.2) is 6.10 Å². The van der Waals surface area contributed by atoms with Gasteiger partial charge in [-0.25, -0.2) is 4.79 Å². The van der Waals surface area contributed by atoms with Gasteiger partial charge in [0.2, 0.25) is 0 Å². The van der Waals surface area contributed by atoms with Crippen LogP contribution in [0.25, 0.3) is 11.1 Å². The number of carbonyl (C=O) groups is 2. The van der Waals surface area contributed by atoms with Crippen LogP contribution >= 0.6 is 0 Å². The number of pyridine rings is 1. The van der Waals surface area contributed by atoms with Crippen LogP contribution in [0, 0.1) is 20.8 Å². The van der Waals surface area contributed by atoms with Crippen LogP contribution in [0.15, 0.2) is 48.8 Å². The van der Waals surface area contributed by atoms with Gasteiger partial charge in [-0.15, -0.1) is 0 Å². The second-order valence-electron chi connectivity index (χ2n) is 10.5. The van der Waals surface area contributed by atoms with Crippen LogP contribution in [0.1, 0.15) is 70.6 Å². The van der Waals surface area contributed by atoms with Gasteiger partial charge in [-0.05, 0) is 93.5 Å². The minimum atomic E-state index is -1.11. The SMILES string of the molecule is Cc1ccc(-c2c(C)c3c(c(C)c2[C@H](OC(C)(C)C)C(=O)O)CCN(C(=O)c2cccnc2)C3)cc1. The van der Waals surface area contributed by atoms with Crippen LogP contribution in [-0.2, 0) is 22.5 Å². The van der Waals surface area contributed by atoms with Crippen LogP contribution in [0.5, 0.6) is 0 Å². The molecule has 1 N–H and O–H groups in total. The lowest BCUT2D eigenvalue weighted by molar-refractivity contribution is -0.160. The third-order valence-electron chi connectivity index (χ3n) is 6.79. The van der Waals surface area contributed by atoms with E-state index < -0.39 is 17.7 Å². The molecule has 0 unspecified atom stereocenters. The first-order valence-corrected chi connectivity index (χ1v) is 12.3. The number of carboxylic acids is 1. The van der Waals surface area contributed by atoms with Crippen molar-refractivity contribution in [3.8, 4) is 11.1 Å². The van der Waals surface area contributed by atoms with E-state index in [4.69, 9.17) is 4.74 Å². The molecule has 6 heteroatoms. The number of ether oxygens (including phenoxy) is 1. The molecule has 0 spiro atoms. The Bertz CT molecular complexity index is 1290. The summed E-state index contributed by atoms with van der Waals surface area (Å²) in [6.45, 7) is 12.7. The molecule has 1 aliphatic heterocycles. The summed E-state index contributed by atoms with van der Waals surface area (Å²) in [6, 6.07) is 11.7. The molecule has 4 rings (SSSR count). The molecule has 1 amide bonds. The summed E-state index contributed by atoms with van der Waals surface area (Å²) in [5.74, 6) is -1.06. The second kappa shape index (κ2) is 9.86. The zero-order chi connectivity index (χ0) is 26.2. The Hall–Kier alpha value is -3.51. The first-order valence-electron chi connectivity index (χ1n) is 12.3. The van der Waals surface area contributed by atoms with Gasteiger partial charge < -0.3 is 14.7 Å². The maximum Gasteiger partial charge on any atom is 0.337 e. The topological polar surface area (TPSA) is 79.7 Å². The number of aromatic nitrogens is 1. The Morgan fingerprint density at radius 1 is 1.03 bits per heavy atom. The third-order valence-corrected chi connectivity index (χ3v) is 6.79.